The maximum atomic E-state index is 12.4. The Hall–Kier alpha value is -1.71. The number of thiophene rings is 1. The van der Waals surface area contributed by atoms with E-state index in [9.17, 15) is 19.7 Å². The molecule has 23 heavy (non-hydrogen) atoms. The number of hydrogen-bond donors (Lipinski definition) is 2. The molecule has 0 aromatic carbocycles. The first-order chi connectivity index (χ1) is 10.5. The summed E-state index contributed by atoms with van der Waals surface area (Å²) in [6.45, 7) is 1.69. The Labute approximate surface area is 143 Å². The minimum absolute atomic E-state index is 0. The Kier molecular flexibility index (Phi) is 7.40. The maximum absolute atomic E-state index is 12.4. The molecule has 1 fully saturated rings. The van der Waals surface area contributed by atoms with Gasteiger partial charge in [0.15, 0.2) is 0 Å². The molecule has 8 nitrogen and oxygen atoms in total. The Balaban J connectivity index is 0.00000264. The van der Waals surface area contributed by atoms with Gasteiger partial charge in [0.05, 0.1) is 15.7 Å². The van der Waals surface area contributed by atoms with Crippen molar-refractivity contribution < 1.29 is 14.5 Å². The van der Waals surface area contributed by atoms with Gasteiger partial charge in [-0.3, -0.25) is 19.7 Å². The van der Waals surface area contributed by atoms with Gasteiger partial charge in [0.2, 0.25) is 5.91 Å². The number of carbonyl (C=O) groups excluding carboxylic acids is 2. The zero-order valence-electron chi connectivity index (χ0n) is 12.4. The fraction of sp³-hybridized carbons (Fsp3) is 0.538. The van der Waals surface area contributed by atoms with Crippen LogP contribution in [0.1, 0.15) is 22.5 Å². The first-order valence-electron chi connectivity index (χ1n) is 7.04. The van der Waals surface area contributed by atoms with E-state index in [0.717, 1.165) is 24.2 Å². The number of nitrogens with two attached hydrogens (primary N) is 1. The number of rotatable bonds is 5. The summed E-state index contributed by atoms with van der Waals surface area (Å²) in [6.07, 6.45) is 1.46. The number of halogens is 1. The van der Waals surface area contributed by atoms with Crippen LogP contribution in [0.4, 0.5) is 5.00 Å². The Morgan fingerprint density at radius 1 is 1.48 bits per heavy atom. The van der Waals surface area contributed by atoms with Gasteiger partial charge in [0.25, 0.3) is 5.91 Å². The van der Waals surface area contributed by atoms with E-state index in [1.807, 2.05) is 0 Å². The lowest BCUT2D eigenvalue weighted by Crippen LogP contribution is -2.46. The monoisotopic (exact) mass is 362 g/mol. The normalized spacial score (nSPS) is 17.3. The topological polar surface area (TPSA) is 119 Å². The van der Waals surface area contributed by atoms with Gasteiger partial charge < -0.3 is 16.0 Å². The molecule has 1 atom stereocenters. The summed E-state index contributed by atoms with van der Waals surface area (Å²) in [5.74, 6) is -0.603. The van der Waals surface area contributed by atoms with Crippen molar-refractivity contribution in [1.82, 2.24) is 10.2 Å². The Bertz CT molecular complexity index is 580. The predicted octanol–water partition coefficient (Wildman–Crippen LogP) is 1.01. The van der Waals surface area contributed by atoms with E-state index in [2.05, 4.69) is 5.32 Å². The second kappa shape index (κ2) is 8.80. The third kappa shape index (κ3) is 4.88. The molecule has 0 aliphatic carbocycles. The zero-order valence-corrected chi connectivity index (χ0v) is 14.0. The maximum Gasteiger partial charge on any atom is 0.324 e. The highest BCUT2D eigenvalue weighted by molar-refractivity contribution is 7.17. The molecule has 0 bridgehead atoms. The number of nitrogens with one attached hydrogen (secondary N) is 1. The minimum atomic E-state index is -0.513. The molecule has 1 aliphatic rings. The molecule has 3 N–H and O–H groups in total. The van der Waals surface area contributed by atoms with Crippen molar-refractivity contribution in [2.24, 2.45) is 11.7 Å². The fourth-order valence-electron chi connectivity index (χ4n) is 2.41. The minimum Gasteiger partial charge on any atom is -0.355 e. The van der Waals surface area contributed by atoms with Gasteiger partial charge in [-0.2, -0.15) is 0 Å². The van der Waals surface area contributed by atoms with Gasteiger partial charge in [-0.15, -0.1) is 12.4 Å². The number of nitrogens with zero attached hydrogens (tertiary/aromatic N) is 2. The van der Waals surface area contributed by atoms with Gasteiger partial charge in [-0.1, -0.05) is 11.3 Å². The number of nitro groups is 1. The van der Waals surface area contributed by atoms with E-state index in [4.69, 9.17) is 5.73 Å². The molecule has 0 spiro atoms. The van der Waals surface area contributed by atoms with Crippen LogP contribution in [0.25, 0.3) is 0 Å². The van der Waals surface area contributed by atoms with Crippen molar-refractivity contribution in [2.75, 3.05) is 26.2 Å². The first kappa shape index (κ1) is 19.3. The fourth-order valence-corrected chi connectivity index (χ4v) is 3.20. The van der Waals surface area contributed by atoms with Gasteiger partial charge in [0.1, 0.15) is 0 Å². The molecule has 2 heterocycles. The second-order valence-electron chi connectivity index (χ2n) is 5.07. The van der Waals surface area contributed by atoms with E-state index < -0.39 is 4.92 Å². The highest BCUT2D eigenvalue weighted by Gasteiger charge is 2.29. The molecule has 1 aromatic rings. The molecule has 2 rings (SSSR count). The molecule has 1 aliphatic heterocycles. The Morgan fingerprint density at radius 2 is 2.22 bits per heavy atom. The van der Waals surface area contributed by atoms with E-state index in [1.54, 1.807) is 4.90 Å². The van der Waals surface area contributed by atoms with Crippen molar-refractivity contribution in [3.8, 4) is 0 Å². The summed E-state index contributed by atoms with van der Waals surface area (Å²) < 4.78 is 0. The lowest BCUT2D eigenvalue weighted by Gasteiger charge is -2.31. The van der Waals surface area contributed by atoms with Crippen LogP contribution in [-0.4, -0.2) is 47.8 Å². The molecule has 1 aromatic heterocycles. The van der Waals surface area contributed by atoms with Crippen LogP contribution in [0.5, 0.6) is 0 Å². The van der Waals surface area contributed by atoms with Crippen molar-refractivity contribution in [1.29, 1.82) is 0 Å². The van der Waals surface area contributed by atoms with Crippen molar-refractivity contribution in [3.63, 3.8) is 0 Å². The lowest BCUT2D eigenvalue weighted by atomic mass is 9.97. The summed E-state index contributed by atoms with van der Waals surface area (Å²) >= 11 is 0.859. The van der Waals surface area contributed by atoms with Gasteiger partial charge in [0, 0.05) is 32.2 Å². The number of hydrogen-bond acceptors (Lipinski definition) is 6. The quantitative estimate of drug-likeness (QED) is 0.598. The van der Waals surface area contributed by atoms with E-state index in [-0.39, 0.29) is 35.1 Å². The number of amides is 2. The summed E-state index contributed by atoms with van der Waals surface area (Å²) in [5, 5.41) is 13.4. The van der Waals surface area contributed by atoms with Crippen molar-refractivity contribution >= 4 is 40.6 Å². The van der Waals surface area contributed by atoms with Gasteiger partial charge in [-0.25, -0.2) is 0 Å². The van der Waals surface area contributed by atoms with Gasteiger partial charge in [-0.05, 0) is 18.9 Å². The largest absolute Gasteiger partial charge is 0.355 e. The molecule has 128 valence electrons. The summed E-state index contributed by atoms with van der Waals surface area (Å²) in [7, 11) is 0. The van der Waals surface area contributed by atoms with Crippen LogP contribution in [0, 0.1) is 16.0 Å². The van der Waals surface area contributed by atoms with Crippen molar-refractivity contribution in [3.05, 3.63) is 27.1 Å². The summed E-state index contributed by atoms with van der Waals surface area (Å²) in [4.78, 5) is 36.4. The predicted molar refractivity (Wildman–Crippen MR) is 88.9 cm³/mol. The molecule has 2 amide bonds. The molecule has 0 radical (unpaired) electrons. The van der Waals surface area contributed by atoms with E-state index in [1.165, 1.54) is 12.1 Å². The number of carbonyl (C=O) groups is 2. The highest BCUT2D eigenvalue weighted by atomic mass is 35.5. The number of piperidine rings is 1. The first-order valence-corrected chi connectivity index (χ1v) is 7.86. The second-order valence-corrected chi connectivity index (χ2v) is 6.13. The van der Waals surface area contributed by atoms with Gasteiger partial charge >= 0.3 is 5.00 Å². The Morgan fingerprint density at radius 3 is 2.83 bits per heavy atom. The van der Waals surface area contributed by atoms with Crippen LogP contribution in [0.3, 0.4) is 0 Å². The zero-order chi connectivity index (χ0) is 16.1. The molecule has 0 saturated carbocycles. The molecule has 1 unspecified atom stereocenters. The molecule has 1 saturated heterocycles. The average molecular weight is 363 g/mol. The summed E-state index contributed by atoms with van der Waals surface area (Å²) in [6, 6.07) is 2.79. The van der Waals surface area contributed by atoms with Crippen LogP contribution in [0.15, 0.2) is 12.1 Å². The van der Waals surface area contributed by atoms with Crippen molar-refractivity contribution in [2.45, 2.75) is 12.8 Å². The molecular weight excluding hydrogens is 344 g/mol. The molecular formula is C13H19ClN4O4S. The number of likely N-dealkylation sites (tertiary alicyclic amines) is 1. The standard InChI is InChI=1S/C13H18N4O4S.ClH/c14-5-6-15-12(18)9-2-1-7-16(8-9)13(19)10-3-4-11(22-10)17(20)21;/h3-4,9H,1-2,5-8,14H2,(H,15,18);1H. The van der Waals surface area contributed by atoms with Crippen LogP contribution < -0.4 is 11.1 Å². The third-order valence-corrected chi connectivity index (χ3v) is 4.53. The van der Waals surface area contributed by atoms with Crippen LogP contribution in [-0.2, 0) is 4.79 Å². The average Bonchev–Trinajstić information content (AvgIpc) is 3.02. The lowest BCUT2D eigenvalue weighted by molar-refractivity contribution is -0.380. The van der Waals surface area contributed by atoms with Crippen LogP contribution >= 0.6 is 23.7 Å². The smallest absolute Gasteiger partial charge is 0.324 e. The van der Waals surface area contributed by atoms with E-state index in [0.29, 0.717) is 31.1 Å². The third-order valence-electron chi connectivity index (χ3n) is 3.51. The highest BCUT2D eigenvalue weighted by Crippen LogP contribution is 2.27. The SMILES string of the molecule is Cl.NCCNC(=O)C1CCCN(C(=O)c2ccc([N+](=O)[O-])s2)C1. The van der Waals surface area contributed by atoms with E-state index >= 15 is 0 Å². The van der Waals surface area contributed by atoms with Crippen LogP contribution in [0.2, 0.25) is 0 Å². The summed E-state index contributed by atoms with van der Waals surface area (Å²) in [5.41, 5.74) is 5.35. The molecule has 10 heteroatoms.